The van der Waals surface area contributed by atoms with Gasteiger partial charge in [0.2, 0.25) is 5.78 Å². The average molecular weight is 276 g/mol. The summed E-state index contributed by atoms with van der Waals surface area (Å²) in [5.41, 5.74) is -0.0495. The lowest BCUT2D eigenvalue weighted by Gasteiger charge is -2.02. The molecule has 0 fully saturated rings. The van der Waals surface area contributed by atoms with Crippen LogP contribution in [0.3, 0.4) is 0 Å². The van der Waals surface area contributed by atoms with E-state index >= 15 is 0 Å². The van der Waals surface area contributed by atoms with Crippen molar-refractivity contribution in [2.24, 2.45) is 0 Å². The summed E-state index contributed by atoms with van der Waals surface area (Å²) in [6.07, 6.45) is 0. The first-order chi connectivity index (χ1) is 9.00. The highest BCUT2D eigenvalue weighted by Gasteiger charge is 2.19. The van der Waals surface area contributed by atoms with Gasteiger partial charge in [0.05, 0.1) is 10.4 Å². The van der Waals surface area contributed by atoms with Gasteiger partial charge in [-0.25, -0.2) is 9.59 Å². The number of hydrogen-bond acceptors (Lipinski definition) is 4. The second kappa shape index (κ2) is 5.03. The molecule has 2 aromatic rings. The lowest BCUT2D eigenvalue weighted by molar-refractivity contribution is 0.0686. The Labute approximate surface area is 111 Å². The third-order valence-electron chi connectivity index (χ3n) is 2.44. The van der Waals surface area contributed by atoms with Gasteiger partial charge in [0.25, 0.3) is 0 Å². The van der Waals surface area contributed by atoms with Gasteiger partial charge in [0, 0.05) is 5.56 Å². The molecule has 1 aromatic carbocycles. The molecule has 0 amide bonds. The SMILES string of the molecule is O=C(O)c1ccc(C(=O)c2ccccc2C(=O)O)s1. The van der Waals surface area contributed by atoms with Gasteiger partial charge in [-0.3, -0.25) is 4.79 Å². The van der Waals surface area contributed by atoms with Crippen molar-refractivity contribution in [1.82, 2.24) is 0 Å². The smallest absolute Gasteiger partial charge is 0.345 e. The Bertz CT molecular complexity index is 671. The van der Waals surface area contributed by atoms with Crippen LogP contribution in [0.15, 0.2) is 36.4 Å². The monoisotopic (exact) mass is 276 g/mol. The molecule has 5 nitrogen and oxygen atoms in total. The zero-order chi connectivity index (χ0) is 14.0. The summed E-state index contributed by atoms with van der Waals surface area (Å²) in [4.78, 5) is 34.2. The Balaban J connectivity index is 2.44. The molecule has 0 aliphatic carbocycles. The molecule has 0 saturated heterocycles. The minimum atomic E-state index is -1.20. The Morgan fingerprint density at radius 2 is 1.37 bits per heavy atom. The van der Waals surface area contributed by atoms with Crippen molar-refractivity contribution in [1.29, 1.82) is 0 Å². The zero-order valence-corrected chi connectivity index (χ0v) is 10.3. The van der Waals surface area contributed by atoms with Gasteiger partial charge in [0.15, 0.2) is 0 Å². The third-order valence-corrected chi connectivity index (χ3v) is 3.51. The van der Waals surface area contributed by atoms with E-state index in [1.165, 1.54) is 30.3 Å². The maximum Gasteiger partial charge on any atom is 0.345 e. The number of ketones is 1. The van der Waals surface area contributed by atoms with Crippen molar-refractivity contribution < 1.29 is 24.6 Å². The first kappa shape index (κ1) is 13.0. The number of carbonyl (C=O) groups excluding carboxylic acids is 1. The number of rotatable bonds is 4. The zero-order valence-electron chi connectivity index (χ0n) is 9.49. The highest BCUT2D eigenvalue weighted by atomic mass is 32.1. The Hall–Kier alpha value is -2.47. The molecule has 2 N–H and O–H groups in total. The molecule has 1 heterocycles. The van der Waals surface area contributed by atoms with Crippen molar-refractivity contribution in [2.75, 3.05) is 0 Å². The largest absolute Gasteiger partial charge is 0.478 e. The average Bonchev–Trinajstić information content (AvgIpc) is 2.87. The predicted octanol–water partition coefficient (Wildman–Crippen LogP) is 2.38. The predicted molar refractivity (Wildman–Crippen MR) is 68.1 cm³/mol. The number of carbonyl (C=O) groups is 3. The molecule has 0 unspecified atom stereocenters. The fraction of sp³-hybridized carbons (Fsp3) is 0. The van der Waals surface area contributed by atoms with Crippen LogP contribution in [0.1, 0.15) is 35.3 Å². The highest BCUT2D eigenvalue weighted by molar-refractivity contribution is 7.16. The Morgan fingerprint density at radius 3 is 1.89 bits per heavy atom. The van der Waals surface area contributed by atoms with Gasteiger partial charge in [0.1, 0.15) is 4.88 Å². The van der Waals surface area contributed by atoms with E-state index in [1.54, 1.807) is 6.07 Å². The highest BCUT2D eigenvalue weighted by Crippen LogP contribution is 2.22. The fourth-order valence-electron chi connectivity index (χ4n) is 1.58. The van der Waals surface area contributed by atoms with Crippen LogP contribution >= 0.6 is 11.3 Å². The van der Waals surface area contributed by atoms with E-state index in [0.717, 1.165) is 11.3 Å². The van der Waals surface area contributed by atoms with E-state index in [4.69, 9.17) is 10.2 Å². The molecule has 96 valence electrons. The lowest BCUT2D eigenvalue weighted by Crippen LogP contribution is -2.08. The molecule has 6 heteroatoms. The molecule has 2 rings (SSSR count). The van der Waals surface area contributed by atoms with Gasteiger partial charge in [-0.05, 0) is 18.2 Å². The summed E-state index contributed by atoms with van der Waals surface area (Å²) in [7, 11) is 0. The van der Waals surface area contributed by atoms with Crippen LogP contribution in [0, 0.1) is 0 Å². The minimum absolute atomic E-state index is 0.0381. The minimum Gasteiger partial charge on any atom is -0.478 e. The summed E-state index contributed by atoms with van der Waals surface area (Å²) >= 11 is 0.822. The number of carboxylic acid groups (broad SMARTS) is 2. The van der Waals surface area contributed by atoms with Gasteiger partial charge in [-0.15, -0.1) is 11.3 Å². The van der Waals surface area contributed by atoms with E-state index < -0.39 is 17.7 Å². The van der Waals surface area contributed by atoms with Crippen LogP contribution in [0.4, 0.5) is 0 Å². The second-order valence-corrected chi connectivity index (χ2v) is 4.73. The van der Waals surface area contributed by atoms with Gasteiger partial charge >= 0.3 is 11.9 Å². The van der Waals surface area contributed by atoms with Crippen molar-refractivity contribution in [3.05, 3.63) is 57.3 Å². The number of aromatic carboxylic acids is 2. The van der Waals surface area contributed by atoms with E-state index in [9.17, 15) is 14.4 Å². The molecule has 0 spiro atoms. The molecule has 19 heavy (non-hydrogen) atoms. The second-order valence-electron chi connectivity index (χ2n) is 3.65. The lowest BCUT2D eigenvalue weighted by atomic mass is 10.0. The maximum absolute atomic E-state index is 12.2. The topological polar surface area (TPSA) is 91.7 Å². The van der Waals surface area contributed by atoms with Crippen LogP contribution < -0.4 is 0 Å². The molecular weight excluding hydrogens is 268 g/mol. The van der Waals surface area contributed by atoms with Gasteiger partial charge < -0.3 is 10.2 Å². The summed E-state index contributed by atoms with van der Waals surface area (Å²) < 4.78 is 0. The molecule has 0 radical (unpaired) electrons. The van der Waals surface area contributed by atoms with Crippen molar-refractivity contribution in [3.63, 3.8) is 0 Å². The van der Waals surface area contributed by atoms with Crippen molar-refractivity contribution in [2.45, 2.75) is 0 Å². The summed E-state index contributed by atoms with van der Waals surface area (Å²) in [6, 6.07) is 8.54. The first-order valence-corrected chi connectivity index (χ1v) is 6.02. The molecular formula is C13H8O5S. The van der Waals surface area contributed by atoms with E-state index in [1.807, 2.05) is 0 Å². The van der Waals surface area contributed by atoms with Crippen molar-refractivity contribution >= 4 is 29.1 Å². The third kappa shape index (κ3) is 2.53. The number of hydrogen-bond donors (Lipinski definition) is 2. The number of benzene rings is 1. The number of thiophene rings is 1. The van der Waals surface area contributed by atoms with Crippen LogP contribution in [-0.2, 0) is 0 Å². The molecule has 1 aromatic heterocycles. The summed E-state index contributed by atoms with van der Waals surface area (Å²) in [6.45, 7) is 0. The Morgan fingerprint density at radius 1 is 0.789 bits per heavy atom. The molecule has 0 atom stereocenters. The normalized spacial score (nSPS) is 10.1. The first-order valence-electron chi connectivity index (χ1n) is 5.21. The summed E-state index contributed by atoms with van der Waals surface area (Å²) in [5, 5.41) is 17.8. The van der Waals surface area contributed by atoms with Crippen LogP contribution in [0.5, 0.6) is 0 Å². The van der Waals surface area contributed by atoms with Crippen molar-refractivity contribution in [3.8, 4) is 0 Å². The molecule has 0 aliphatic rings. The van der Waals surface area contributed by atoms with Crippen LogP contribution in [0.2, 0.25) is 0 Å². The van der Waals surface area contributed by atoms with Crippen LogP contribution in [-0.4, -0.2) is 27.9 Å². The standard InChI is InChI=1S/C13H8O5S/c14-11(9-5-6-10(19-9)13(17)18)7-3-1-2-4-8(7)12(15)16/h1-6H,(H,15,16)(H,17,18). The Kier molecular flexibility index (Phi) is 3.43. The molecule has 0 bridgehead atoms. The quantitative estimate of drug-likeness (QED) is 0.836. The van der Waals surface area contributed by atoms with Gasteiger partial charge in [-0.2, -0.15) is 0 Å². The van der Waals surface area contributed by atoms with Gasteiger partial charge in [-0.1, -0.05) is 18.2 Å². The number of carboxylic acids is 2. The molecule has 0 aliphatic heterocycles. The fourth-order valence-corrected chi connectivity index (χ4v) is 2.37. The van der Waals surface area contributed by atoms with Crippen LogP contribution in [0.25, 0.3) is 0 Å². The maximum atomic E-state index is 12.2. The van der Waals surface area contributed by atoms with E-state index in [-0.39, 0.29) is 20.9 Å². The van der Waals surface area contributed by atoms with E-state index in [2.05, 4.69) is 0 Å². The summed E-state index contributed by atoms with van der Waals surface area (Å²) in [5.74, 6) is -2.80. The van der Waals surface area contributed by atoms with E-state index in [0.29, 0.717) is 0 Å². The molecule has 0 saturated carbocycles.